The van der Waals surface area contributed by atoms with Crippen molar-refractivity contribution in [3.63, 3.8) is 0 Å². The van der Waals surface area contributed by atoms with Crippen LogP contribution in [0.25, 0.3) is 6.08 Å². The largest absolute Gasteiger partial charge is 0.507 e. The van der Waals surface area contributed by atoms with Crippen LogP contribution in [0.1, 0.15) is 36.7 Å². The Morgan fingerprint density at radius 2 is 1.54 bits per heavy atom. The molecule has 0 aliphatic heterocycles. The van der Waals surface area contributed by atoms with E-state index < -0.39 is 0 Å². The zero-order valence-corrected chi connectivity index (χ0v) is 15.3. The number of benzene rings is 2. The Bertz CT molecular complexity index is 763. The molecule has 2 rings (SSSR count). The molecule has 0 saturated heterocycles. The van der Waals surface area contributed by atoms with E-state index in [4.69, 9.17) is 14.2 Å². The molecule has 2 aromatic rings. The molecule has 138 valence electrons. The molecule has 2 aromatic carbocycles. The third-order valence-corrected chi connectivity index (χ3v) is 3.53. The molecule has 26 heavy (non-hydrogen) atoms. The molecule has 0 atom stereocenters. The van der Waals surface area contributed by atoms with Crippen LogP contribution in [0, 0.1) is 0 Å². The van der Waals surface area contributed by atoms with Gasteiger partial charge in [-0.2, -0.15) is 0 Å². The van der Waals surface area contributed by atoms with Gasteiger partial charge in [-0.15, -0.1) is 0 Å². The van der Waals surface area contributed by atoms with E-state index in [-0.39, 0.29) is 17.1 Å². The van der Waals surface area contributed by atoms with Crippen molar-refractivity contribution in [1.82, 2.24) is 0 Å². The number of carbonyl (C=O) groups excluding carboxylic acids is 1. The highest BCUT2D eigenvalue weighted by Crippen LogP contribution is 2.34. The number of phenolic OH excluding ortho intramolecular Hbond substituents is 1. The maximum Gasteiger partial charge on any atom is 0.193 e. The molecule has 0 fully saturated rings. The molecule has 0 saturated carbocycles. The van der Waals surface area contributed by atoms with Gasteiger partial charge in [-0.25, -0.2) is 0 Å². The maximum absolute atomic E-state index is 12.6. The monoisotopic (exact) mass is 356 g/mol. The summed E-state index contributed by atoms with van der Waals surface area (Å²) in [7, 11) is 0. The van der Waals surface area contributed by atoms with Crippen molar-refractivity contribution in [3.05, 3.63) is 53.6 Å². The van der Waals surface area contributed by atoms with Gasteiger partial charge in [0.05, 0.1) is 19.8 Å². The van der Waals surface area contributed by atoms with Crippen LogP contribution >= 0.6 is 0 Å². The Morgan fingerprint density at radius 1 is 0.923 bits per heavy atom. The number of carbonyl (C=O) groups is 1. The van der Waals surface area contributed by atoms with Crippen molar-refractivity contribution in [3.8, 4) is 23.0 Å². The summed E-state index contributed by atoms with van der Waals surface area (Å²) in [4.78, 5) is 12.6. The van der Waals surface area contributed by atoms with E-state index in [1.54, 1.807) is 12.1 Å². The van der Waals surface area contributed by atoms with Crippen LogP contribution in [0.3, 0.4) is 0 Å². The van der Waals surface area contributed by atoms with Crippen LogP contribution < -0.4 is 14.2 Å². The van der Waals surface area contributed by atoms with E-state index in [0.717, 1.165) is 11.3 Å². The normalized spacial score (nSPS) is 10.7. The molecule has 0 unspecified atom stereocenters. The molecule has 0 bridgehead atoms. The van der Waals surface area contributed by atoms with E-state index >= 15 is 0 Å². The fourth-order valence-corrected chi connectivity index (χ4v) is 2.44. The summed E-state index contributed by atoms with van der Waals surface area (Å²) >= 11 is 0. The Labute approximate surface area is 153 Å². The van der Waals surface area contributed by atoms with E-state index in [1.165, 1.54) is 12.1 Å². The Balaban J connectivity index is 2.24. The molecular weight excluding hydrogens is 332 g/mol. The highest BCUT2D eigenvalue weighted by molar-refractivity contribution is 6.10. The molecule has 5 nitrogen and oxygen atoms in total. The van der Waals surface area contributed by atoms with E-state index in [1.807, 2.05) is 45.0 Å². The summed E-state index contributed by atoms with van der Waals surface area (Å²) < 4.78 is 16.3. The minimum Gasteiger partial charge on any atom is -0.507 e. The minimum atomic E-state index is -0.345. The van der Waals surface area contributed by atoms with Crippen LogP contribution in [0.2, 0.25) is 0 Å². The number of ether oxygens (including phenoxy) is 3. The van der Waals surface area contributed by atoms with Crippen molar-refractivity contribution in [2.75, 3.05) is 19.8 Å². The van der Waals surface area contributed by atoms with Crippen LogP contribution in [0.4, 0.5) is 0 Å². The molecule has 5 heteroatoms. The van der Waals surface area contributed by atoms with Crippen LogP contribution in [-0.2, 0) is 0 Å². The summed E-state index contributed by atoms with van der Waals surface area (Å²) in [5.74, 6) is 1.03. The van der Waals surface area contributed by atoms with E-state index in [2.05, 4.69) is 0 Å². The van der Waals surface area contributed by atoms with Gasteiger partial charge in [-0.1, -0.05) is 18.2 Å². The van der Waals surface area contributed by atoms with Crippen molar-refractivity contribution in [1.29, 1.82) is 0 Å². The van der Waals surface area contributed by atoms with Gasteiger partial charge in [-0.3, -0.25) is 4.79 Å². The van der Waals surface area contributed by atoms with E-state index in [9.17, 15) is 9.90 Å². The maximum atomic E-state index is 12.6. The standard InChI is InChI=1S/C21H24O5/c1-4-24-16-10-7-15(8-11-16)9-12-18(22)21-19(23)13-17(25-5-2)14-20(21)26-6-3/h7-14,23H,4-6H2,1-3H3/b12-9+. The lowest BCUT2D eigenvalue weighted by Gasteiger charge is -2.12. The summed E-state index contributed by atoms with van der Waals surface area (Å²) in [6.07, 6.45) is 3.09. The van der Waals surface area contributed by atoms with Gasteiger partial charge in [0.25, 0.3) is 0 Å². The Hall–Kier alpha value is -2.95. The zero-order chi connectivity index (χ0) is 18.9. The molecule has 0 heterocycles. The first-order valence-corrected chi connectivity index (χ1v) is 8.66. The number of rotatable bonds is 9. The van der Waals surface area contributed by atoms with Gasteiger partial charge in [0, 0.05) is 12.1 Å². The van der Waals surface area contributed by atoms with E-state index in [0.29, 0.717) is 31.3 Å². The van der Waals surface area contributed by atoms with Gasteiger partial charge in [0.15, 0.2) is 5.78 Å². The van der Waals surface area contributed by atoms with Crippen molar-refractivity contribution < 1.29 is 24.1 Å². The van der Waals surface area contributed by atoms with Crippen LogP contribution in [-0.4, -0.2) is 30.7 Å². The highest BCUT2D eigenvalue weighted by atomic mass is 16.5. The first-order chi connectivity index (χ1) is 12.6. The lowest BCUT2D eigenvalue weighted by molar-refractivity contribution is 0.104. The molecule has 0 aromatic heterocycles. The van der Waals surface area contributed by atoms with Gasteiger partial charge >= 0.3 is 0 Å². The van der Waals surface area contributed by atoms with Gasteiger partial charge < -0.3 is 19.3 Å². The second kappa shape index (κ2) is 9.51. The number of allylic oxidation sites excluding steroid dienone is 1. The minimum absolute atomic E-state index is 0.123. The lowest BCUT2D eigenvalue weighted by Crippen LogP contribution is -2.03. The topological polar surface area (TPSA) is 65.0 Å². The first-order valence-electron chi connectivity index (χ1n) is 8.66. The summed E-state index contributed by atoms with van der Waals surface area (Å²) in [5, 5.41) is 10.3. The molecule has 0 aliphatic rings. The highest BCUT2D eigenvalue weighted by Gasteiger charge is 2.18. The average Bonchev–Trinajstić information content (AvgIpc) is 2.61. The average molecular weight is 356 g/mol. The first kappa shape index (κ1) is 19.4. The Morgan fingerprint density at radius 3 is 2.15 bits per heavy atom. The van der Waals surface area contributed by atoms with Crippen molar-refractivity contribution in [2.45, 2.75) is 20.8 Å². The zero-order valence-electron chi connectivity index (χ0n) is 15.3. The number of hydrogen-bond acceptors (Lipinski definition) is 5. The van der Waals surface area contributed by atoms with Crippen molar-refractivity contribution >= 4 is 11.9 Å². The predicted molar refractivity (Wildman–Crippen MR) is 101 cm³/mol. The predicted octanol–water partition coefficient (Wildman–Crippen LogP) is 4.48. The molecule has 0 aliphatic carbocycles. The van der Waals surface area contributed by atoms with Crippen molar-refractivity contribution in [2.24, 2.45) is 0 Å². The fourth-order valence-electron chi connectivity index (χ4n) is 2.44. The number of hydrogen-bond donors (Lipinski definition) is 1. The number of ketones is 1. The number of phenols is 1. The molecule has 0 amide bonds. The molecule has 0 spiro atoms. The second-order valence-corrected chi connectivity index (χ2v) is 5.38. The van der Waals surface area contributed by atoms with Gasteiger partial charge in [0.2, 0.25) is 0 Å². The third-order valence-electron chi connectivity index (χ3n) is 3.53. The molecule has 0 radical (unpaired) electrons. The van der Waals surface area contributed by atoms with Crippen LogP contribution in [0.5, 0.6) is 23.0 Å². The molecular formula is C21H24O5. The SMILES string of the molecule is CCOc1ccc(/C=C/C(=O)c2c(O)cc(OCC)cc2OCC)cc1. The summed E-state index contributed by atoms with van der Waals surface area (Å²) in [5.41, 5.74) is 0.975. The number of aromatic hydroxyl groups is 1. The Kier molecular flexibility index (Phi) is 7.09. The summed E-state index contributed by atoms with van der Waals surface area (Å²) in [6, 6.07) is 10.4. The van der Waals surface area contributed by atoms with Crippen LogP contribution in [0.15, 0.2) is 42.5 Å². The summed E-state index contributed by atoms with van der Waals surface area (Å²) in [6.45, 7) is 7.01. The fraction of sp³-hybridized carbons (Fsp3) is 0.286. The lowest BCUT2D eigenvalue weighted by atomic mass is 10.1. The quantitative estimate of drug-likeness (QED) is 0.530. The second-order valence-electron chi connectivity index (χ2n) is 5.38. The third kappa shape index (κ3) is 5.02. The smallest absolute Gasteiger partial charge is 0.193 e. The van der Waals surface area contributed by atoms with Gasteiger partial charge in [-0.05, 0) is 44.5 Å². The molecule has 1 N–H and O–H groups in total. The van der Waals surface area contributed by atoms with Gasteiger partial charge in [0.1, 0.15) is 28.6 Å².